The molecule has 0 aliphatic carbocycles. The topological polar surface area (TPSA) is 178 Å². The van der Waals surface area contributed by atoms with Crippen molar-refractivity contribution in [2.24, 2.45) is 0 Å². The van der Waals surface area contributed by atoms with Crippen LogP contribution in [0.15, 0.2) is 31.0 Å². The Labute approximate surface area is 171 Å². The summed E-state index contributed by atoms with van der Waals surface area (Å²) in [6.45, 7) is 0.942. The van der Waals surface area contributed by atoms with Gasteiger partial charge >= 0.3 is 7.60 Å². The van der Waals surface area contributed by atoms with Crippen LogP contribution in [0.5, 0.6) is 0 Å². The standard InChI is InChI=1S/C16H18N7O5PS/c1-2-30(27,28)22-8-16(9-22,13(5-17)29(24,25)26)23-7-11(6-21-23)14-12-3-4-18-15(12)20-10-19-14/h3-4,6-7,10,13H,2,8-9H2,1H3,(H,18,19,20)(H2,24,25,26). The molecule has 1 saturated heterocycles. The second-order valence-corrected chi connectivity index (χ2v) is 11.0. The summed E-state index contributed by atoms with van der Waals surface area (Å²) in [5, 5.41) is 14.5. The predicted octanol–water partition coefficient (Wildman–Crippen LogP) is 0.252. The van der Waals surface area contributed by atoms with Crippen LogP contribution in [-0.4, -0.2) is 71.7 Å². The van der Waals surface area contributed by atoms with Gasteiger partial charge < -0.3 is 14.8 Å². The number of aromatic amines is 1. The number of H-pyrrole nitrogens is 1. The molecule has 0 saturated carbocycles. The molecule has 3 aromatic rings. The van der Waals surface area contributed by atoms with Gasteiger partial charge in [-0.3, -0.25) is 9.25 Å². The first-order valence-corrected chi connectivity index (χ1v) is 12.2. The molecule has 4 rings (SSSR count). The Hall–Kier alpha value is -2.62. The smallest absolute Gasteiger partial charge is 0.345 e. The van der Waals surface area contributed by atoms with Crippen LogP contribution in [0.25, 0.3) is 22.3 Å². The third kappa shape index (κ3) is 3.13. The van der Waals surface area contributed by atoms with E-state index in [1.54, 1.807) is 18.3 Å². The molecule has 4 heterocycles. The predicted molar refractivity (Wildman–Crippen MR) is 106 cm³/mol. The van der Waals surface area contributed by atoms with Crippen molar-refractivity contribution in [3.8, 4) is 17.3 Å². The molecule has 14 heteroatoms. The number of nitriles is 1. The van der Waals surface area contributed by atoms with E-state index in [0.29, 0.717) is 16.9 Å². The summed E-state index contributed by atoms with van der Waals surface area (Å²) in [4.78, 5) is 30.9. The molecule has 3 N–H and O–H groups in total. The number of hydrogen-bond acceptors (Lipinski definition) is 7. The van der Waals surface area contributed by atoms with Gasteiger partial charge in [-0.2, -0.15) is 14.7 Å². The molecule has 3 aromatic heterocycles. The Kier molecular flexibility index (Phi) is 4.80. The Morgan fingerprint density at radius 2 is 2.13 bits per heavy atom. The highest BCUT2D eigenvalue weighted by atomic mass is 32.2. The molecule has 1 aliphatic rings. The van der Waals surface area contributed by atoms with E-state index in [1.165, 1.54) is 30.3 Å². The van der Waals surface area contributed by atoms with E-state index in [2.05, 4.69) is 20.1 Å². The second-order valence-electron chi connectivity index (χ2n) is 7.03. The van der Waals surface area contributed by atoms with Gasteiger partial charge in [0.2, 0.25) is 10.0 Å². The lowest BCUT2D eigenvalue weighted by Gasteiger charge is -2.50. The molecule has 0 bridgehead atoms. The van der Waals surface area contributed by atoms with E-state index in [4.69, 9.17) is 0 Å². The zero-order valence-corrected chi connectivity index (χ0v) is 17.5. The molecular formula is C16H18N7O5PS. The van der Waals surface area contributed by atoms with Crippen LogP contribution < -0.4 is 0 Å². The van der Waals surface area contributed by atoms with Crippen LogP contribution in [0.2, 0.25) is 0 Å². The molecule has 12 nitrogen and oxygen atoms in total. The van der Waals surface area contributed by atoms with Gasteiger partial charge in [-0.15, -0.1) is 0 Å². The first kappa shape index (κ1) is 20.6. The molecule has 0 radical (unpaired) electrons. The van der Waals surface area contributed by atoms with Crippen molar-refractivity contribution in [3.63, 3.8) is 0 Å². The number of nitrogens with one attached hydrogen (secondary N) is 1. The quantitative estimate of drug-likeness (QED) is 0.443. The van der Waals surface area contributed by atoms with Crippen molar-refractivity contribution in [2.45, 2.75) is 18.1 Å². The monoisotopic (exact) mass is 451 g/mol. The normalized spacial score (nSPS) is 18.1. The fraction of sp³-hybridized carbons (Fsp3) is 0.375. The molecule has 1 aliphatic heterocycles. The number of rotatable bonds is 6. The maximum absolute atomic E-state index is 12.2. The molecule has 0 amide bonds. The summed E-state index contributed by atoms with van der Waals surface area (Å²) in [5.41, 5.74) is -1.57. The lowest BCUT2D eigenvalue weighted by atomic mass is 9.88. The largest absolute Gasteiger partial charge is 0.346 e. The third-order valence-electron chi connectivity index (χ3n) is 5.29. The van der Waals surface area contributed by atoms with Crippen molar-refractivity contribution in [1.29, 1.82) is 5.26 Å². The highest BCUT2D eigenvalue weighted by Gasteiger charge is 2.60. The molecule has 1 atom stereocenters. The van der Waals surface area contributed by atoms with Crippen molar-refractivity contribution >= 4 is 28.7 Å². The summed E-state index contributed by atoms with van der Waals surface area (Å²) < 4.78 is 38.8. The first-order valence-electron chi connectivity index (χ1n) is 8.88. The average molecular weight is 451 g/mol. The van der Waals surface area contributed by atoms with Crippen LogP contribution in [0.1, 0.15) is 6.92 Å². The van der Waals surface area contributed by atoms with Crippen LogP contribution in [0.3, 0.4) is 0 Å². The van der Waals surface area contributed by atoms with Gasteiger partial charge in [0, 0.05) is 36.4 Å². The van der Waals surface area contributed by atoms with Gasteiger partial charge in [-0.25, -0.2) is 18.4 Å². The third-order valence-corrected chi connectivity index (χ3v) is 8.34. The molecule has 30 heavy (non-hydrogen) atoms. The number of aromatic nitrogens is 5. The van der Waals surface area contributed by atoms with Gasteiger partial charge in [0.25, 0.3) is 0 Å². The number of hydrogen-bond donors (Lipinski definition) is 3. The van der Waals surface area contributed by atoms with E-state index < -0.39 is 28.8 Å². The average Bonchev–Trinajstić information content (AvgIpc) is 3.32. The fourth-order valence-electron chi connectivity index (χ4n) is 3.69. The maximum Gasteiger partial charge on any atom is 0.345 e. The molecule has 0 aromatic carbocycles. The second kappa shape index (κ2) is 6.97. The van der Waals surface area contributed by atoms with Crippen LogP contribution in [0, 0.1) is 11.3 Å². The fourth-order valence-corrected chi connectivity index (χ4v) is 5.95. The maximum atomic E-state index is 12.2. The van der Waals surface area contributed by atoms with Crippen LogP contribution in [-0.2, 0) is 20.1 Å². The van der Waals surface area contributed by atoms with Gasteiger partial charge in [0.15, 0.2) is 5.66 Å². The Balaban J connectivity index is 1.80. The minimum atomic E-state index is -4.88. The van der Waals surface area contributed by atoms with E-state index in [1.807, 2.05) is 0 Å². The van der Waals surface area contributed by atoms with E-state index >= 15 is 0 Å². The van der Waals surface area contributed by atoms with Crippen LogP contribution >= 0.6 is 7.60 Å². The van der Waals surface area contributed by atoms with Crippen molar-refractivity contribution in [2.75, 3.05) is 18.8 Å². The highest BCUT2D eigenvalue weighted by Crippen LogP contribution is 2.52. The number of fused-ring (bicyclic) bond motifs is 1. The Morgan fingerprint density at radius 3 is 2.77 bits per heavy atom. The van der Waals surface area contributed by atoms with E-state index in [0.717, 1.165) is 9.69 Å². The van der Waals surface area contributed by atoms with Gasteiger partial charge in [0.05, 0.1) is 23.7 Å². The highest BCUT2D eigenvalue weighted by molar-refractivity contribution is 7.89. The van der Waals surface area contributed by atoms with Gasteiger partial charge in [-0.05, 0) is 13.0 Å². The summed E-state index contributed by atoms with van der Waals surface area (Å²) in [6, 6.07) is 3.45. The van der Waals surface area contributed by atoms with Crippen molar-refractivity contribution in [3.05, 3.63) is 31.0 Å². The zero-order valence-electron chi connectivity index (χ0n) is 15.7. The van der Waals surface area contributed by atoms with E-state index in [9.17, 15) is 28.0 Å². The van der Waals surface area contributed by atoms with Crippen LogP contribution in [0.4, 0.5) is 0 Å². The lowest BCUT2D eigenvalue weighted by Crippen LogP contribution is -2.69. The van der Waals surface area contributed by atoms with Crippen molar-refractivity contribution < 1.29 is 22.8 Å². The molecular weight excluding hydrogens is 433 g/mol. The lowest BCUT2D eigenvalue weighted by molar-refractivity contribution is 0.0679. The van der Waals surface area contributed by atoms with E-state index in [-0.39, 0.29) is 18.8 Å². The summed E-state index contributed by atoms with van der Waals surface area (Å²) in [6.07, 6.45) is 6.05. The number of sulfonamides is 1. The molecule has 0 spiro atoms. The van der Waals surface area contributed by atoms with Crippen molar-refractivity contribution in [1.82, 2.24) is 29.0 Å². The molecule has 1 fully saturated rings. The Morgan fingerprint density at radius 1 is 1.40 bits per heavy atom. The summed E-state index contributed by atoms with van der Waals surface area (Å²) in [5.74, 6) is -0.160. The minimum Gasteiger partial charge on any atom is -0.346 e. The van der Waals surface area contributed by atoms with Gasteiger partial charge in [0.1, 0.15) is 17.5 Å². The summed E-state index contributed by atoms with van der Waals surface area (Å²) >= 11 is 0. The SMILES string of the molecule is CCS(=O)(=O)N1CC(C(C#N)P(=O)(O)O)(n2cc(-c3ncnc4[nH]ccc34)cn2)C1. The molecule has 158 valence electrons. The molecule has 1 unspecified atom stereocenters. The van der Waals surface area contributed by atoms with Gasteiger partial charge in [-0.1, -0.05) is 0 Å². The minimum absolute atomic E-state index is 0.160. The summed E-state index contributed by atoms with van der Waals surface area (Å²) in [7, 11) is -8.47. The number of nitrogens with zero attached hydrogens (tertiary/aromatic N) is 6. The zero-order chi connectivity index (χ0) is 21.7. The first-order chi connectivity index (χ1) is 14.1. The Bertz CT molecular complexity index is 1300.